The van der Waals surface area contributed by atoms with E-state index < -0.39 is 0 Å². The Morgan fingerprint density at radius 3 is 2.94 bits per heavy atom. The molecule has 2 unspecified atom stereocenters. The Bertz CT molecular complexity index is 373. The molecule has 2 rings (SSSR count). The third kappa shape index (κ3) is 3.71. The Morgan fingerprint density at radius 2 is 2.29 bits per heavy atom. The first kappa shape index (κ1) is 12.9. The van der Waals surface area contributed by atoms with Crippen molar-refractivity contribution in [1.29, 1.82) is 0 Å². The molecular weight excluding hydrogens is 250 g/mol. The van der Waals surface area contributed by atoms with Gasteiger partial charge in [-0.1, -0.05) is 25.6 Å². The molecule has 94 valence electrons. The molecule has 1 aromatic heterocycles. The van der Waals surface area contributed by atoms with Crippen molar-refractivity contribution < 1.29 is 0 Å². The molecule has 0 aliphatic carbocycles. The molecule has 1 aromatic rings. The van der Waals surface area contributed by atoms with Crippen molar-refractivity contribution in [2.75, 3.05) is 6.54 Å². The highest BCUT2D eigenvalue weighted by molar-refractivity contribution is 8.14. The molecule has 1 N–H and O–H groups in total. The molecule has 0 fully saturated rings. The number of hydrogen-bond acceptors (Lipinski definition) is 5. The summed E-state index contributed by atoms with van der Waals surface area (Å²) in [5.41, 5.74) is 0. The van der Waals surface area contributed by atoms with Gasteiger partial charge in [0.05, 0.1) is 12.6 Å². The summed E-state index contributed by atoms with van der Waals surface area (Å²) in [6.45, 7) is 7.63. The first-order valence-corrected chi connectivity index (χ1v) is 7.78. The van der Waals surface area contributed by atoms with E-state index in [2.05, 4.69) is 36.1 Å². The predicted molar refractivity (Wildman–Crippen MR) is 76.8 cm³/mol. The topological polar surface area (TPSA) is 37.3 Å². The van der Waals surface area contributed by atoms with Crippen LogP contribution >= 0.6 is 23.1 Å². The summed E-state index contributed by atoms with van der Waals surface area (Å²) in [7, 11) is 0. The Hall–Kier alpha value is -0.550. The Labute approximate surface area is 111 Å². The summed E-state index contributed by atoms with van der Waals surface area (Å²) in [4.78, 5) is 8.88. The molecule has 0 aromatic carbocycles. The van der Waals surface area contributed by atoms with Crippen molar-refractivity contribution in [3.63, 3.8) is 0 Å². The largest absolute Gasteiger partial charge is 0.356 e. The lowest BCUT2D eigenvalue weighted by molar-refractivity contribution is 0.575. The monoisotopic (exact) mass is 269 g/mol. The van der Waals surface area contributed by atoms with Crippen molar-refractivity contribution in [2.24, 2.45) is 10.9 Å². The van der Waals surface area contributed by atoms with E-state index >= 15 is 0 Å². The minimum atomic E-state index is 0.263. The predicted octanol–water partition coefficient (Wildman–Crippen LogP) is 3.31. The van der Waals surface area contributed by atoms with Gasteiger partial charge in [-0.15, -0.1) is 11.3 Å². The first-order valence-electron chi connectivity index (χ1n) is 6.02. The van der Waals surface area contributed by atoms with E-state index in [1.165, 1.54) is 6.42 Å². The third-order valence-corrected chi connectivity index (χ3v) is 4.72. The molecular formula is C12H19N3S2. The van der Waals surface area contributed by atoms with Gasteiger partial charge in [-0.2, -0.15) is 0 Å². The fourth-order valence-electron chi connectivity index (χ4n) is 1.84. The Kier molecular flexibility index (Phi) is 4.45. The van der Waals surface area contributed by atoms with Gasteiger partial charge in [0.2, 0.25) is 0 Å². The van der Waals surface area contributed by atoms with E-state index in [-0.39, 0.29) is 6.04 Å². The zero-order valence-corrected chi connectivity index (χ0v) is 12.1. The van der Waals surface area contributed by atoms with Gasteiger partial charge < -0.3 is 5.32 Å². The van der Waals surface area contributed by atoms with Gasteiger partial charge in [0.15, 0.2) is 5.17 Å². The molecule has 0 spiro atoms. The van der Waals surface area contributed by atoms with E-state index in [0.29, 0.717) is 5.25 Å². The Balaban J connectivity index is 1.81. The van der Waals surface area contributed by atoms with Crippen molar-refractivity contribution >= 4 is 28.3 Å². The molecule has 3 nitrogen and oxygen atoms in total. The molecule has 0 bridgehead atoms. The van der Waals surface area contributed by atoms with Gasteiger partial charge in [-0.25, -0.2) is 4.98 Å². The highest BCUT2D eigenvalue weighted by Crippen LogP contribution is 2.27. The lowest BCUT2D eigenvalue weighted by Crippen LogP contribution is -2.23. The van der Waals surface area contributed by atoms with Crippen LogP contribution in [0, 0.1) is 5.92 Å². The van der Waals surface area contributed by atoms with Gasteiger partial charge in [-0.3, -0.25) is 4.99 Å². The fraction of sp³-hybridized carbons (Fsp3) is 0.667. The number of thiazole rings is 1. The average molecular weight is 269 g/mol. The van der Waals surface area contributed by atoms with E-state index in [0.717, 1.165) is 22.6 Å². The number of rotatable bonds is 4. The van der Waals surface area contributed by atoms with Crippen molar-refractivity contribution in [2.45, 2.75) is 38.5 Å². The summed E-state index contributed by atoms with van der Waals surface area (Å²) in [6, 6.07) is 0.263. The summed E-state index contributed by atoms with van der Waals surface area (Å²) >= 11 is 3.57. The summed E-state index contributed by atoms with van der Waals surface area (Å²) in [5.74, 6) is 0.749. The van der Waals surface area contributed by atoms with Crippen LogP contribution in [-0.2, 0) is 0 Å². The molecule has 2 atom stereocenters. The van der Waals surface area contributed by atoms with Gasteiger partial charge in [0, 0.05) is 16.8 Å². The van der Waals surface area contributed by atoms with Crippen LogP contribution in [0.3, 0.4) is 0 Å². The summed E-state index contributed by atoms with van der Waals surface area (Å²) in [6.07, 6.45) is 3.09. The fourth-order valence-corrected chi connectivity index (χ4v) is 3.83. The van der Waals surface area contributed by atoms with Crippen LogP contribution in [0.15, 0.2) is 16.6 Å². The zero-order valence-electron chi connectivity index (χ0n) is 10.5. The summed E-state index contributed by atoms with van der Waals surface area (Å²) in [5, 5.41) is 8.32. The van der Waals surface area contributed by atoms with Gasteiger partial charge in [-0.05, 0) is 19.3 Å². The highest BCUT2D eigenvalue weighted by atomic mass is 32.2. The van der Waals surface area contributed by atoms with Crippen LogP contribution < -0.4 is 5.32 Å². The number of hydrogen-bond donors (Lipinski definition) is 1. The second kappa shape index (κ2) is 5.87. The zero-order chi connectivity index (χ0) is 12.3. The molecule has 0 amide bonds. The molecule has 0 radical (unpaired) electrons. The molecule has 1 aliphatic heterocycles. The molecule has 0 saturated heterocycles. The van der Waals surface area contributed by atoms with E-state index in [9.17, 15) is 0 Å². The second-order valence-electron chi connectivity index (χ2n) is 4.75. The number of nitrogens with zero attached hydrogens (tertiary/aromatic N) is 2. The highest BCUT2D eigenvalue weighted by Gasteiger charge is 2.22. The standard InChI is InChI=1S/C12H19N3S2/c1-8(2)6-10-7-14-12(17-10)15-9(3)11-13-4-5-16-11/h4-5,8-10H,6-7H2,1-3H3,(H,14,15). The lowest BCUT2D eigenvalue weighted by atomic mass is 10.1. The van der Waals surface area contributed by atoms with Gasteiger partial charge in [0.25, 0.3) is 0 Å². The van der Waals surface area contributed by atoms with Gasteiger partial charge >= 0.3 is 0 Å². The quantitative estimate of drug-likeness (QED) is 0.911. The van der Waals surface area contributed by atoms with Crippen LogP contribution in [0.1, 0.15) is 38.2 Å². The van der Waals surface area contributed by atoms with Crippen LogP contribution in [0.4, 0.5) is 0 Å². The lowest BCUT2D eigenvalue weighted by Gasteiger charge is -2.14. The molecule has 1 aliphatic rings. The number of thioether (sulfide) groups is 1. The van der Waals surface area contributed by atoms with Crippen LogP contribution in [0.2, 0.25) is 0 Å². The van der Waals surface area contributed by atoms with E-state index in [1.54, 1.807) is 11.3 Å². The molecule has 2 heterocycles. The number of nitrogens with one attached hydrogen (secondary N) is 1. The number of aromatic nitrogens is 1. The molecule has 0 saturated carbocycles. The molecule has 17 heavy (non-hydrogen) atoms. The molecule has 5 heteroatoms. The van der Waals surface area contributed by atoms with E-state index in [1.807, 2.05) is 23.3 Å². The summed E-state index contributed by atoms with van der Waals surface area (Å²) < 4.78 is 0. The Morgan fingerprint density at radius 1 is 1.47 bits per heavy atom. The second-order valence-corrected chi connectivity index (χ2v) is 6.97. The van der Waals surface area contributed by atoms with Crippen LogP contribution in [0.25, 0.3) is 0 Å². The van der Waals surface area contributed by atoms with Gasteiger partial charge in [0.1, 0.15) is 5.01 Å². The van der Waals surface area contributed by atoms with Crippen LogP contribution in [0.5, 0.6) is 0 Å². The number of aliphatic imine (C=N–C) groups is 1. The minimum Gasteiger partial charge on any atom is -0.356 e. The third-order valence-electron chi connectivity index (χ3n) is 2.61. The maximum Gasteiger partial charge on any atom is 0.157 e. The maximum atomic E-state index is 4.57. The smallest absolute Gasteiger partial charge is 0.157 e. The maximum absolute atomic E-state index is 4.57. The average Bonchev–Trinajstić information content (AvgIpc) is 2.87. The first-order chi connectivity index (χ1) is 8.15. The van der Waals surface area contributed by atoms with Crippen LogP contribution in [-0.4, -0.2) is 21.9 Å². The van der Waals surface area contributed by atoms with Crippen molar-refractivity contribution in [3.8, 4) is 0 Å². The van der Waals surface area contributed by atoms with Crippen molar-refractivity contribution in [1.82, 2.24) is 10.3 Å². The van der Waals surface area contributed by atoms with Crippen molar-refractivity contribution in [3.05, 3.63) is 16.6 Å². The normalized spacial score (nSPS) is 21.6. The SMILES string of the molecule is CC(C)CC1CN=C(NC(C)c2nccs2)S1. The number of amidine groups is 1. The van der Waals surface area contributed by atoms with E-state index in [4.69, 9.17) is 0 Å². The minimum absolute atomic E-state index is 0.263.